The molecule has 2 N–H and O–H groups in total. The molecule has 6 nitrogen and oxygen atoms in total. The van der Waals surface area contributed by atoms with E-state index >= 15 is 0 Å². The highest BCUT2D eigenvalue weighted by Gasteiger charge is 2.34. The van der Waals surface area contributed by atoms with Crippen LogP contribution in [-0.4, -0.2) is 69.9 Å². The molecule has 10 heteroatoms. The van der Waals surface area contributed by atoms with Crippen molar-refractivity contribution in [3.05, 3.63) is 0 Å². The van der Waals surface area contributed by atoms with Gasteiger partial charge < -0.3 is 20.3 Å². The normalized spacial score (nSPS) is 16.6. The van der Waals surface area contributed by atoms with Gasteiger partial charge >= 0.3 is 6.18 Å². The van der Waals surface area contributed by atoms with Crippen molar-refractivity contribution in [1.82, 2.24) is 15.5 Å². The molecule has 1 fully saturated rings. The Hall–Kier alpha value is -0.780. The predicted molar refractivity (Wildman–Crippen MR) is 110 cm³/mol. The Balaban J connectivity index is 0.00000676. The summed E-state index contributed by atoms with van der Waals surface area (Å²) in [5.41, 5.74) is 0.143. The van der Waals surface area contributed by atoms with Gasteiger partial charge in [0.25, 0.3) is 0 Å². The maximum atomic E-state index is 12.3. The zero-order valence-corrected chi connectivity index (χ0v) is 18.7. The lowest BCUT2D eigenvalue weighted by atomic mass is 9.83. The minimum absolute atomic E-state index is 0. The van der Waals surface area contributed by atoms with Crippen LogP contribution in [0.2, 0.25) is 0 Å². The molecule has 0 aromatic heterocycles. The maximum absolute atomic E-state index is 12.3. The lowest BCUT2D eigenvalue weighted by molar-refractivity contribution is -0.157. The molecule has 1 rings (SSSR count). The molecular formula is C17H32F3IN4O2. The van der Waals surface area contributed by atoms with Crippen LogP contribution in [0.3, 0.4) is 0 Å². The predicted octanol–water partition coefficient (Wildman–Crippen LogP) is 2.78. The number of aliphatic imine (C=N–C) groups is 1. The van der Waals surface area contributed by atoms with Crippen LogP contribution < -0.4 is 10.6 Å². The standard InChI is InChI=1S/C17H31F3N4O2.HI/c1-4-26-10-9-16(7-5-6-8-16)12-23-15(21-2)22-11-14(25)24(3)13-17(18,19)20;/h4-13H2,1-3H3,(H2,21,22,23);1H. The minimum Gasteiger partial charge on any atom is -0.382 e. The van der Waals surface area contributed by atoms with Crippen molar-refractivity contribution < 1.29 is 22.7 Å². The van der Waals surface area contributed by atoms with Gasteiger partial charge in [0.05, 0.1) is 6.54 Å². The van der Waals surface area contributed by atoms with Crippen molar-refractivity contribution in [2.75, 3.05) is 46.9 Å². The first-order valence-corrected chi connectivity index (χ1v) is 9.04. The summed E-state index contributed by atoms with van der Waals surface area (Å²) >= 11 is 0. The van der Waals surface area contributed by atoms with Crippen LogP contribution in [0.15, 0.2) is 4.99 Å². The molecule has 1 amide bonds. The number of amides is 1. The third-order valence-electron chi connectivity index (χ3n) is 4.75. The topological polar surface area (TPSA) is 66.0 Å². The fourth-order valence-corrected chi connectivity index (χ4v) is 3.22. The van der Waals surface area contributed by atoms with Crippen molar-refractivity contribution in [3.63, 3.8) is 0 Å². The molecule has 0 heterocycles. The number of nitrogens with zero attached hydrogens (tertiary/aromatic N) is 2. The van der Waals surface area contributed by atoms with Crippen LogP contribution in [-0.2, 0) is 9.53 Å². The van der Waals surface area contributed by atoms with Crippen molar-refractivity contribution in [2.24, 2.45) is 10.4 Å². The van der Waals surface area contributed by atoms with Crippen LogP contribution in [0.5, 0.6) is 0 Å². The van der Waals surface area contributed by atoms with Gasteiger partial charge in [-0.05, 0) is 31.6 Å². The van der Waals surface area contributed by atoms with Gasteiger partial charge in [-0.25, -0.2) is 0 Å². The fourth-order valence-electron chi connectivity index (χ4n) is 3.22. The lowest BCUT2D eigenvalue weighted by Gasteiger charge is -2.30. The Morgan fingerprint density at radius 2 is 1.89 bits per heavy atom. The van der Waals surface area contributed by atoms with Crippen LogP contribution in [0.1, 0.15) is 39.0 Å². The Morgan fingerprint density at radius 1 is 1.26 bits per heavy atom. The number of hydrogen-bond donors (Lipinski definition) is 2. The van der Waals surface area contributed by atoms with E-state index in [1.54, 1.807) is 7.05 Å². The molecule has 0 atom stereocenters. The molecule has 0 aliphatic heterocycles. The fraction of sp³-hybridized carbons (Fsp3) is 0.882. The summed E-state index contributed by atoms with van der Waals surface area (Å²) in [6, 6.07) is 0. The van der Waals surface area contributed by atoms with E-state index in [1.807, 2.05) is 6.92 Å². The van der Waals surface area contributed by atoms with Gasteiger partial charge in [-0.3, -0.25) is 9.79 Å². The summed E-state index contributed by atoms with van der Waals surface area (Å²) in [4.78, 5) is 16.5. The number of hydrogen-bond acceptors (Lipinski definition) is 3. The molecule has 0 saturated heterocycles. The molecule has 1 aliphatic carbocycles. The van der Waals surface area contributed by atoms with Gasteiger partial charge in [0.15, 0.2) is 5.96 Å². The van der Waals surface area contributed by atoms with Crippen LogP contribution in [0.25, 0.3) is 0 Å². The molecule has 160 valence electrons. The molecule has 0 aromatic rings. The van der Waals surface area contributed by atoms with Gasteiger partial charge in [0, 0.05) is 33.9 Å². The number of ether oxygens (including phenoxy) is 1. The highest BCUT2D eigenvalue weighted by Crippen LogP contribution is 2.40. The zero-order valence-electron chi connectivity index (χ0n) is 16.3. The number of nitrogens with one attached hydrogen (secondary N) is 2. The molecule has 0 radical (unpaired) electrons. The van der Waals surface area contributed by atoms with Crippen LogP contribution in [0.4, 0.5) is 13.2 Å². The first-order chi connectivity index (χ1) is 12.2. The summed E-state index contributed by atoms with van der Waals surface area (Å²) in [6.45, 7) is 2.58. The van der Waals surface area contributed by atoms with Gasteiger partial charge in [-0.1, -0.05) is 12.8 Å². The van der Waals surface area contributed by atoms with E-state index in [4.69, 9.17) is 4.74 Å². The van der Waals surface area contributed by atoms with E-state index in [1.165, 1.54) is 12.8 Å². The first-order valence-electron chi connectivity index (χ1n) is 9.04. The molecule has 1 aliphatic rings. The van der Waals surface area contributed by atoms with E-state index in [0.29, 0.717) is 30.6 Å². The second-order valence-corrected chi connectivity index (χ2v) is 6.80. The smallest absolute Gasteiger partial charge is 0.382 e. The van der Waals surface area contributed by atoms with Gasteiger partial charge in [-0.15, -0.1) is 24.0 Å². The average molecular weight is 508 g/mol. The summed E-state index contributed by atoms with van der Waals surface area (Å²) in [5, 5.41) is 6.01. The van der Waals surface area contributed by atoms with Gasteiger partial charge in [-0.2, -0.15) is 13.2 Å². The van der Waals surface area contributed by atoms with Gasteiger partial charge in [0.2, 0.25) is 5.91 Å². The van der Waals surface area contributed by atoms with Crippen LogP contribution >= 0.6 is 24.0 Å². The molecular weight excluding hydrogens is 476 g/mol. The number of halogens is 4. The second kappa shape index (κ2) is 12.6. The number of likely N-dealkylation sites (N-methyl/N-ethyl adjacent to an activating group) is 1. The zero-order chi connectivity index (χ0) is 19.6. The van der Waals surface area contributed by atoms with Crippen molar-refractivity contribution in [2.45, 2.75) is 45.2 Å². The van der Waals surface area contributed by atoms with Crippen molar-refractivity contribution in [3.8, 4) is 0 Å². The SMILES string of the molecule is CCOCCC1(CNC(=NC)NCC(=O)N(C)CC(F)(F)F)CCCC1.I. The van der Waals surface area contributed by atoms with E-state index in [9.17, 15) is 18.0 Å². The largest absolute Gasteiger partial charge is 0.406 e. The molecule has 0 spiro atoms. The molecule has 0 aromatic carbocycles. The summed E-state index contributed by atoms with van der Waals surface area (Å²) in [6.07, 6.45) is 1.13. The average Bonchev–Trinajstić information content (AvgIpc) is 3.02. The number of rotatable bonds is 9. The minimum atomic E-state index is -4.40. The van der Waals surface area contributed by atoms with E-state index in [2.05, 4.69) is 15.6 Å². The lowest BCUT2D eigenvalue weighted by Crippen LogP contribution is -2.47. The number of guanidine groups is 1. The van der Waals surface area contributed by atoms with E-state index in [0.717, 1.165) is 26.3 Å². The quantitative estimate of drug-likeness (QED) is 0.218. The number of carbonyl (C=O) groups is 1. The van der Waals surface area contributed by atoms with Crippen molar-refractivity contribution in [1.29, 1.82) is 0 Å². The van der Waals surface area contributed by atoms with E-state index in [-0.39, 0.29) is 35.9 Å². The maximum Gasteiger partial charge on any atom is 0.406 e. The summed E-state index contributed by atoms with van der Waals surface area (Å²) in [7, 11) is 2.70. The Labute approximate surface area is 176 Å². The van der Waals surface area contributed by atoms with Crippen LogP contribution in [0, 0.1) is 5.41 Å². The Kier molecular flexibility index (Phi) is 12.3. The third-order valence-corrected chi connectivity index (χ3v) is 4.75. The molecule has 0 bridgehead atoms. The highest BCUT2D eigenvalue weighted by molar-refractivity contribution is 14.0. The highest BCUT2D eigenvalue weighted by atomic mass is 127. The molecule has 27 heavy (non-hydrogen) atoms. The number of alkyl halides is 3. The second-order valence-electron chi connectivity index (χ2n) is 6.80. The Bertz CT molecular complexity index is 470. The molecule has 0 unspecified atom stereocenters. The number of carbonyl (C=O) groups excluding carboxylic acids is 1. The van der Waals surface area contributed by atoms with E-state index < -0.39 is 18.6 Å². The van der Waals surface area contributed by atoms with Crippen molar-refractivity contribution >= 4 is 35.8 Å². The Morgan fingerprint density at radius 3 is 2.41 bits per heavy atom. The first kappa shape index (κ1) is 26.2. The summed E-state index contributed by atoms with van der Waals surface area (Å²) < 4.78 is 42.5. The third kappa shape index (κ3) is 10.4. The molecule has 1 saturated carbocycles. The monoisotopic (exact) mass is 508 g/mol. The van der Waals surface area contributed by atoms with Gasteiger partial charge in [0.1, 0.15) is 6.54 Å². The summed E-state index contributed by atoms with van der Waals surface area (Å²) in [5.74, 6) is -0.223.